The topological polar surface area (TPSA) is 66.0 Å². The lowest BCUT2D eigenvalue weighted by Crippen LogP contribution is -2.34. The van der Waals surface area contributed by atoms with Crippen LogP contribution in [0.25, 0.3) is 0 Å². The van der Waals surface area contributed by atoms with Crippen molar-refractivity contribution < 1.29 is 9.53 Å². The average molecular weight is 357 g/mol. The van der Waals surface area contributed by atoms with Gasteiger partial charge in [0.2, 0.25) is 0 Å². The Morgan fingerprint density at radius 1 is 1.20 bits per heavy atom. The fraction of sp³-hybridized carbons (Fsp3) is 0.111. The van der Waals surface area contributed by atoms with E-state index in [0.717, 1.165) is 11.4 Å². The van der Waals surface area contributed by atoms with Gasteiger partial charge in [-0.1, -0.05) is 18.2 Å². The number of halogens is 1. The molecule has 128 valence electrons. The molecule has 1 aliphatic heterocycles. The van der Waals surface area contributed by atoms with Crippen LogP contribution in [0.1, 0.15) is 6.92 Å². The molecule has 1 heterocycles. The number of hydrogen-bond donors (Lipinski definition) is 2. The maximum Gasteiger partial charge on any atom is 0.299 e. The first kappa shape index (κ1) is 16.9. The quantitative estimate of drug-likeness (QED) is 0.804. The molecule has 3 rings (SSSR count). The number of carbonyl (C=O) groups is 1. The van der Waals surface area contributed by atoms with Gasteiger partial charge in [-0.3, -0.25) is 15.6 Å². The number of nitrogens with one attached hydrogen (secondary N) is 2. The summed E-state index contributed by atoms with van der Waals surface area (Å²) >= 11 is 5.88. The smallest absolute Gasteiger partial charge is 0.299 e. The minimum atomic E-state index is -0.300. The third kappa shape index (κ3) is 3.75. The van der Waals surface area contributed by atoms with E-state index in [-0.39, 0.29) is 11.6 Å². The molecule has 1 fully saturated rings. The number of rotatable bonds is 5. The molecule has 0 radical (unpaired) electrons. The fourth-order valence-electron chi connectivity index (χ4n) is 2.27. The van der Waals surface area contributed by atoms with Crippen molar-refractivity contribution in [1.82, 2.24) is 5.43 Å². The lowest BCUT2D eigenvalue weighted by Gasteiger charge is -2.15. The number of benzene rings is 2. The molecule has 6 nitrogen and oxygen atoms in total. The maximum atomic E-state index is 12.5. The molecule has 2 N–H and O–H groups in total. The third-order valence-corrected chi connectivity index (χ3v) is 3.74. The van der Waals surface area contributed by atoms with E-state index in [4.69, 9.17) is 16.3 Å². The molecule has 1 aliphatic rings. The molecule has 0 spiro atoms. The van der Waals surface area contributed by atoms with Crippen molar-refractivity contribution in [3.05, 3.63) is 65.8 Å². The van der Waals surface area contributed by atoms with E-state index in [1.54, 1.807) is 24.3 Å². The standard InChI is InChI=1S/C18H17ClN4O2/c1-3-25-16-10-6-14(7-11-16)20-21-17-12(2)22-23(18(17)24)15-8-4-13(19)5-9-15/h4-11,20,22H,2-3H2,1H3/b21-17+. The molecule has 1 amide bonds. The van der Waals surface area contributed by atoms with E-state index in [9.17, 15) is 4.79 Å². The zero-order valence-corrected chi connectivity index (χ0v) is 14.4. The van der Waals surface area contributed by atoms with Gasteiger partial charge >= 0.3 is 0 Å². The molecule has 2 aromatic carbocycles. The zero-order chi connectivity index (χ0) is 17.8. The molecule has 2 aromatic rings. The van der Waals surface area contributed by atoms with Gasteiger partial charge in [-0.15, -0.1) is 0 Å². The van der Waals surface area contributed by atoms with Crippen LogP contribution < -0.4 is 20.6 Å². The van der Waals surface area contributed by atoms with Gasteiger partial charge in [0.1, 0.15) is 5.75 Å². The van der Waals surface area contributed by atoms with Crippen molar-refractivity contribution in [3.63, 3.8) is 0 Å². The number of ether oxygens (including phenoxy) is 1. The van der Waals surface area contributed by atoms with Crippen molar-refractivity contribution >= 4 is 34.6 Å². The second-order valence-corrected chi connectivity index (χ2v) is 5.67. The Bertz CT molecular complexity index is 816. The van der Waals surface area contributed by atoms with Crippen molar-refractivity contribution in [1.29, 1.82) is 0 Å². The first-order chi connectivity index (χ1) is 12.1. The van der Waals surface area contributed by atoms with E-state index in [2.05, 4.69) is 22.5 Å². The highest BCUT2D eigenvalue weighted by Crippen LogP contribution is 2.21. The molecule has 0 aromatic heterocycles. The van der Waals surface area contributed by atoms with Crippen molar-refractivity contribution in [2.45, 2.75) is 6.92 Å². The van der Waals surface area contributed by atoms with Gasteiger partial charge in [-0.2, -0.15) is 5.10 Å². The minimum absolute atomic E-state index is 0.212. The summed E-state index contributed by atoms with van der Waals surface area (Å²) in [6, 6.07) is 14.2. The molecule has 1 saturated heterocycles. The molecule has 25 heavy (non-hydrogen) atoms. The van der Waals surface area contributed by atoms with E-state index in [0.29, 0.717) is 23.0 Å². The lowest BCUT2D eigenvalue weighted by molar-refractivity contribution is -0.112. The minimum Gasteiger partial charge on any atom is -0.494 e. The monoisotopic (exact) mass is 356 g/mol. The van der Waals surface area contributed by atoms with Crippen molar-refractivity contribution in [2.75, 3.05) is 17.0 Å². The molecule has 7 heteroatoms. The molecule has 0 aliphatic carbocycles. The summed E-state index contributed by atoms with van der Waals surface area (Å²) in [6.07, 6.45) is 0. The Morgan fingerprint density at radius 3 is 2.52 bits per heavy atom. The molecule has 0 atom stereocenters. The highest BCUT2D eigenvalue weighted by molar-refractivity contribution is 6.51. The first-order valence-corrected chi connectivity index (χ1v) is 8.09. The third-order valence-electron chi connectivity index (χ3n) is 3.49. The highest BCUT2D eigenvalue weighted by atomic mass is 35.5. The lowest BCUT2D eigenvalue weighted by atomic mass is 10.3. The van der Waals surface area contributed by atoms with Crippen molar-refractivity contribution in [3.8, 4) is 5.75 Å². The number of carbonyl (C=O) groups excluding carboxylic acids is 1. The van der Waals surface area contributed by atoms with Crippen LogP contribution >= 0.6 is 11.6 Å². The summed E-state index contributed by atoms with van der Waals surface area (Å²) in [7, 11) is 0. The number of nitrogens with zero attached hydrogens (tertiary/aromatic N) is 2. The summed E-state index contributed by atoms with van der Waals surface area (Å²) in [4.78, 5) is 12.5. The number of anilines is 2. The summed E-state index contributed by atoms with van der Waals surface area (Å²) in [6.45, 7) is 6.37. The largest absolute Gasteiger partial charge is 0.494 e. The Balaban J connectivity index is 1.73. The van der Waals surface area contributed by atoms with Gasteiger partial charge in [0, 0.05) is 5.02 Å². The molecule has 0 unspecified atom stereocenters. The van der Waals surface area contributed by atoms with Crippen LogP contribution in [-0.2, 0) is 4.79 Å². The van der Waals surface area contributed by atoms with Gasteiger partial charge in [-0.25, -0.2) is 5.01 Å². The Morgan fingerprint density at radius 2 is 1.88 bits per heavy atom. The first-order valence-electron chi connectivity index (χ1n) is 7.71. The van der Waals surface area contributed by atoms with Crippen LogP contribution in [0.5, 0.6) is 5.75 Å². The fourth-order valence-corrected chi connectivity index (χ4v) is 2.40. The Hall–Kier alpha value is -2.99. The van der Waals surface area contributed by atoms with Crippen LogP contribution in [-0.4, -0.2) is 18.2 Å². The zero-order valence-electron chi connectivity index (χ0n) is 13.6. The highest BCUT2D eigenvalue weighted by Gasteiger charge is 2.32. The Labute approximate surface area is 150 Å². The number of hydrazone groups is 1. The van der Waals surface area contributed by atoms with Crippen LogP contribution in [0.15, 0.2) is 65.9 Å². The second-order valence-electron chi connectivity index (χ2n) is 5.24. The van der Waals surface area contributed by atoms with Crippen molar-refractivity contribution in [2.24, 2.45) is 5.10 Å². The molecule has 0 saturated carbocycles. The van der Waals surface area contributed by atoms with E-state index >= 15 is 0 Å². The molecular formula is C18H17ClN4O2. The van der Waals surface area contributed by atoms with Gasteiger partial charge in [-0.05, 0) is 55.5 Å². The summed E-state index contributed by atoms with van der Waals surface area (Å²) < 4.78 is 5.39. The van der Waals surface area contributed by atoms with Crippen LogP contribution in [0.2, 0.25) is 5.02 Å². The summed E-state index contributed by atoms with van der Waals surface area (Å²) in [5.74, 6) is 0.475. The normalized spacial score (nSPS) is 15.4. The van der Waals surface area contributed by atoms with E-state index in [1.165, 1.54) is 5.01 Å². The van der Waals surface area contributed by atoms with Gasteiger partial charge < -0.3 is 4.74 Å². The van der Waals surface area contributed by atoms with E-state index in [1.807, 2.05) is 31.2 Å². The summed E-state index contributed by atoms with van der Waals surface area (Å²) in [5.41, 5.74) is 7.79. The van der Waals surface area contributed by atoms with Crippen LogP contribution in [0.4, 0.5) is 11.4 Å². The predicted molar refractivity (Wildman–Crippen MR) is 99.9 cm³/mol. The number of hydrazine groups is 1. The molecular weight excluding hydrogens is 340 g/mol. The van der Waals surface area contributed by atoms with Gasteiger partial charge in [0.05, 0.1) is 23.7 Å². The number of amides is 1. The summed E-state index contributed by atoms with van der Waals surface area (Å²) in [5, 5.41) is 6.14. The van der Waals surface area contributed by atoms with E-state index < -0.39 is 0 Å². The molecule has 0 bridgehead atoms. The predicted octanol–water partition coefficient (Wildman–Crippen LogP) is 3.57. The SMILES string of the molecule is C=C1NN(c2ccc(Cl)cc2)C(=O)/C1=N/Nc1ccc(OCC)cc1. The van der Waals surface area contributed by atoms with Crippen LogP contribution in [0.3, 0.4) is 0 Å². The average Bonchev–Trinajstić information content (AvgIpc) is 2.90. The second kappa shape index (κ2) is 7.27. The van der Waals surface area contributed by atoms with Gasteiger partial charge in [0.15, 0.2) is 5.71 Å². The maximum absolute atomic E-state index is 12.5. The van der Waals surface area contributed by atoms with Gasteiger partial charge in [0.25, 0.3) is 5.91 Å². The van der Waals surface area contributed by atoms with Crippen LogP contribution in [0, 0.1) is 0 Å². The Kier molecular flexibility index (Phi) is 4.90. The number of hydrogen-bond acceptors (Lipinski definition) is 5.